The predicted molar refractivity (Wildman–Crippen MR) is 61.4 cm³/mol. The van der Waals surface area contributed by atoms with Crippen LogP contribution in [0.5, 0.6) is 0 Å². The Balaban J connectivity index is 2.43. The average Bonchev–Trinajstić information content (AvgIpc) is 2.50. The molecule has 0 bridgehead atoms. The van der Waals surface area contributed by atoms with E-state index in [9.17, 15) is 4.79 Å². The van der Waals surface area contributed by atoms with E-state index in [4.69, 9.17) is 5.11 Å². The van der Waals surface area contributed by atoms with Gasteiger partial charge in [0, 0.05) is 24.5 Å². The normalized spacial score (nSPS) is 10.9. The van der Waals surface area contributed by atoms with Gasteiger partial charge in [-0.3, -0.25) is 9.48 Å². The molecular formula is C12H14N2O2. The first kappa shape index (κ1) is 10.7. The van der Waals surface area contributed by atoms with Gasteiger partial charge in [0.05, 0.1) is 11.9 Å². The predicted octanol–water partition coefficient (Wildman–Crippen LogP) is 1.90. The second-order valence-corrected chi connectivity index (χ2v) is 3.98. The molecule has 0 saturated carbocycles. The van der Waals surface area contributed by atoms with Crippen LogP contribution in [0.4, 0.5) is 0 Å². The number of benzene rings is 1. The Morgan fingerprint density at radius 1 is 1.50 bits per heavy atom. The second-order valence-electron chi connectivity index (χ2n) is 3.98. The van der Waals surface area contributed by atoms with Crippen molar-refractivity contribution in [1.82, 2.24) is 9.78 Å². The number of carboxylic acids is 1. The van der Waals surface area contributed by atoms with Crippen molar-refractivity contribution in [3.63, 3.8) is 0 Å². The van der Waals surface area contributed by atoms with Crippen molar-refractivity contribution in [1.29, 1.82) is 0 Å². The molecule has 0 atom stereocenters. The van der Waals surface area contributed by atoms with Crippen molar-refractivity contribution in [3.8, 4) is 0 Å². The molecule has 1 heterocycles. The first-order valence-corrected chi connectivity index (χ1v) is 5.22. The number of carbonyl (C=O) groups is 1. The minimum Gasteiger partial charge on any atom is -0.481 e. The van der Waals surface area contributed by atoms with Crippen molar-refractivity contribution in [3.05, 3.63) is 29.5 Å². The van der Waals surface area contributed by atoms with Gasteiger partial charge in [-0.05, 0) is 18.6 Å². The molecule has 0 saturated heterocycles. The summed E-state index contributed by atoms with van der Waals surface area (Å²) in [5.41, 5.74) is 3.08. The summed E-state index contributed by atoms with van der Waals surface area (Å²) in [7, 11) is 1.85. The molecule has 0 amide bonds. The first-order valence-electron chi connectivity index (χ1n) is 5.22. The van der Waals surface area contributed by atoms with E-state index in [1.807, 2.05) is 32.2 Å². The molecule has 0 aliphatic carbocycles. The maximum absolute atomic E-state index is 10.6. The summed E-state index contributed by atoms with van der Waals surface area (Å²) in [5.74, 6) is -0.776. The number of aryl methyl sites for hydroxylation is 3. The minimum atomic E-state index is -0.776. The van der Waals surface area contributed by atoms with Crippen molar-refractivity contribution in [2.24, 2.45) is 7.05 Å². The van der Waals surface area contributed by atoms with E-state index in [1.54, 1.807) is 4.68 Å². The van der Waals surface area contributed by atoms with E-state index >= 15 is 0 Å². The number of nitrogens with zero attached hydrogens (tertiary/aromatic N) is 2. The van der Waals surface area contributed by atoms with Crippen LogP contribution in [0.2, 0.25) is 0 Å². The third-order valence-electron chi connectivity index (χ3n) is 2.69. The highest BCUT2D eigenvalue weighted by Crippen LogP contribution is 2.20. The molecule has 4 heteroatoms. The molecule has 0 aliphatic heterocycles. The van der Waals surface area contributed by atoms with Gasteiger partial charge in [-0.1, -0.05) is 12.1 Å². The van der Waals surface area contributed by atoms with Gasteiger partial charge in [-0.2, -0.15) is 5.10 Å². The van der Waals surface area contributed by atoms with Crippen LogP contribution >= 0.6 is 0 Å². The van der Waals surface area contributed by atoms with E-state index in [0.29, 0.717) is 6.42 Å². The van der Waals surface area contributed by atoms with Crippen LogP contribution in [0, 0.1) is 6.92 Å². The summed E-state index contributed by atoms with van der Waals surface area (Å²) in [6.45, 7) is 2.02. The van der Waals surface area contributed by atoms with Crippen molar-refractivity contribution < 1.29 is 9.90 Å². The lowest BCUT2D eigenvalue weighted by Crippen LogP contribution is -2.03. The zero-order chi connectivity index (χ0) is 11.7. The fraction of sp³-hybridized carbons (Fsp3) is 0.333. The summed E-state index contributed by atoms with van der Waals surface area (Å²) >= 11 is 0. The maximum Gasteiger partial charge on any atom is 0.303 e. The number of carboxylic acid groups (broad SMARTS) is 1. The van der Waals surface area contributed by atoms with Gasteiger partial charge >= 0.3 is 5.97 Å². The Kier molecular flexibility index (Phi) is 2.64. The Hall–Kier alpha value is -1.84. The fourth-order valence-electron chi connectivity index (χ4n) is 1.89. The van der Waals surface area contributed by atoms with Gasteiger partial charge in [0.15, 0.2) is 0 Å². The smallest absolute Gasteiger partial charge is 0.303 e. The highest BCUT2D eigenvalue weighted by molar-refractivity contribution is 5.82. The zero-order valence-corrected chi connectivity index (χ0v) is 9.40. The van der Waals surface area contributed by atoms with Crippen LogP contribution in [-0.4, -0.2) is 20.9 Å². The lowest BCUT2D eigenvalue weighted by molar-refractivity contribution is -0.136. The molecule has 16 heavy (non-hydrogen) atoms. The van der Waals surface area contributed by atoms with E-state index < -0.39 is 5.97 Å². The Morgan fingerprint density at radius 2 is 2.25 bits per heavy atom. The van der Waals surface area contributed by atoms with E-state index in [-0.39, 0.29) is 6.42 Å². The number of aromatic nitrogens is 2. The van der Waals surface area contributed by atoms with Gasteiger partial charge in [-0.15, -0.1) is 0 Å². The van der Waals surface area contributed by atoms with Crippen molar-refractivity contribution in [2.75, 3.05) is 0 Å². The molecule has 0 unspecified atom stereocenters. The first-order chi connectivity index (χ1) is 7.58. The number of hydrogen-bond donors (Lipinski definition) is 1. The molecule has 0 fully saturated rings. The highest BCUT2D eigenvalue weighted by atomic mass is 16.4. The summed E-state index contributed by atoms with van der Waals surface area (Å²) < 4.78 is 1.77. The molecule has 0 aliphatic rings. The zero-order valence-electron chi connectivity index (χ0n) is 9.40. The molecule has 1 aromatic heterocycles. The molecule has 2 rings (SSSR count). The number of aliphatic carboxylic acids is 1. The van der Waals surface area contributed by atoms with Gasteiger partial charge in [0.1, 0.15) is 0 Å². The van der Waals surface area contributed by atoms with Crippen molar-refractivity contribution in [2.45, 2.75) is 19.8 Å². The lowest BCUT2D eigenvalue weighted by Gasteiger charge is -1.99. The van der Waals surface area contributed by atoms with E-state index in [0.717, 1.165) is 22.2 Å². The van der Waals surface area contributed by atoms with Crippen LogP contribution in [-0.2, 0) is 18.3 Å². The number of fused-ring (bicyclic) bond motifs is 1. The van der Waals surface area contributed by atoms with Crippen LogP contribution in [0.25, 0.3) is 10.9 Å². The molecule has 0 radical (unpaired) electrons. The Bertz CT molecular complexity index is 543. The molecule has 0 spiro atoms. The Labute approximate surface area is 93.5 Å². The average molecular weight is 218 g/mol. The third kappa shape index (κ3) is 1.91. The molecule has 2 aromatic rings. The molecule has 1 N–H and O–H groups in total. The monoisotopic (exact) mass is 218 g/mol. The largest absolute Gasteiger partial charge is 0.481 e. The minimum absolute atomic E-state index is 0.141. The van der Waals surface area contributed by atoms with Crippen LogP contribution < -0.4 is 0 Å². The van der Waals surface area contributed by atoms with Gasteiger partial charge < -0.3 is 5.11 Å². The molecule has 4 nitrogen and oxygen atoms in total. The number of hydrogen-bond acceptors (Lipinski definition) is 2. The molecule has 1 aromatic carbocycles. The summed E-state index contributed by atoms with van der Waals surface area (Å²) in [4.78, 5) is 10.6. The topological polar surface area (TPSA) is 55.1 Å². The number of rotatable bonds is 3. The van der Waals surface area contributed by atoms with E-state index in [2.05, 4.69) is 5.10 Å². The fourth-order valence-corrected chi connectivity index (χ4v) is 1.89. The van der Waals surface area contributed by atoms with Gasteiger partial charge in [-0.25, -0.2) is 0 Å². The standard InChI is InChI=1S/C12H14N2O2/c1-8-3-4-9-10(7-8)13-14(2)11(9)5-6-12(15)16/h3-4,7H,5-6H2,1-2H3,(H,15,16). The third-order valence-corrected chi connectivity index (χ3v) is 2.69. The summed E-state index contributed by atoms with van der Waals surface area (Å²) in [5, 5.41) is 14.1. The summed E-state index contributed by atoms with van der Waals surface area (Å²) in [6.07, 6.45) is 0.661. The SMILES string of the molecule is Cc1ccc2c(CCC(=O)O)n(C)nc2c1. The quantitative estimate of drug-likeness (QED) is 0.856. The lowest BCUT2D eigenvalue weighted by atomic mass is 10.1. The van der Waals surface area contributed by atoms with Gasteiger partial charge in [0.2, 0.25) is 0 Å². The molecular weight excluding hydrogens is 204 g/mol. The summed E-state index contributed by atoms with van der Waals surface area (Å²) in [6, 6.07) is 6.04. The van der Waals surface area contributed by atoms with Crippen LogP contribution in [0.1, 0.15) is 17.7 Å². The van der Waals surface area contributed by atoms with Gasteiger partial charge in [0.25, 0.3) is 0 Å². The highest BCUT2D eigenvalue weighted by Gasteiger charge is 2.10. The van der Waals surface area contributed by atoms with Crippen LogP contribution in [0.15, 0.2) is 18.2 Å². The maximum atomic E-state index is 10.6. The van der Waals surface area contributed by atoms with Crippen LogP contribution in [0.3, 0.4) is 0 Å². The van der Waals surface area contributed by atoms with E-state index in [1.165, 1.54) is 0 Å². The molecule has 84 valence electrons. The Morgan fingerprint density at radius 3 is 2.94 bits per heavy atom. The second kappa shape index (κ2) is 3.96. The van der Waals surface area contributed by atoms with Crippen molar-refractivity contribution >= 4 is 16.9 Å².